The van der Waals surface area contributed by atoms with Gasteiger partial charge in [0.2, 0.25) is 5.91 Å². The van der Waals surface area contributed by atoms with Gasteiger partial charge in [0.1, 0.15) is 6.10 Å². The number of carbonyl (C=O) groups excluding carboxylic acids is 1. The third kappa shape index (κ3) is 4.58. The molecular weight excluding hydrogens is 228 g/mol. The molecule has 1 amide bonds. The predicted octanol–water partition coefficient (Wildman–Crippen LogP) is 1.45. The Morgan fingerprint density at radius 2 is 1.89 bits per heavy atom. The first-order valence-electron chi connectivity index (χ1n) is 7.46. The molecule has 1 atom stereocenters. The zero-order valence-corrected chi connectivity index (χ0v) is 11.2. The van der Waals surface area contributed by atoms with Gasteiger partial charge in [-0.3, -0.25) is 4.79 Å². The molecule has 1 saturated heterocycles. The normalized spacial score (nSPS) is 27.2. The van der Waals surface area contributed by atoms with Crippen LogP contribution in [0.2, 0.25) is 0 Å². The van der Waals surface area contributed by atoms with Crippen LogP contribution in [-0.4, -0.2) is 38.3 Å². The number of ether oxygens (including phenoxy) is 1. The van der Waals surface area contributed by atoms with E-state index in [-0.39, 0.29) is 12.0 Å². The van der Waals surface area contributed by atoms with E-state index in [1.807, 2.05) is 0 Å². The number of rotatable bonds is 3. The molecule has 104 valence electrons. The van der Waals surface area contributed by atoms with Crippen LogP contribution < -0.4 is 10.6 Å². The fourth-order valence-corrected chi connectivity index (χ4v) is 2.84. The summed E-state index contributed by atoms with van der Waals surface area (Å²) in [6.07, 6.45) is 9.01. The minimum atomic E-state index is -0.285. The van der Waals surface area contributed by atoms with Crippen molar-refractivity contribution < 1.29 is 9.53 Å². The van der Waals surface area contributed by atoms with Gasteiger partial charge in [0.25, 0.3) is 0 Å². The van der Waals surface area contributed by atoms with Gasteiger partial charge in [-0.1, -0.05) is 32.1 Å². The zero-order chi connectivity index (χ0) is 12.6. The molecule has 18 heavy (non-hydrogen) atoms. The number of hydrogen-bond donors (Lipinski definition) is 2. The third-order valence-corrected chi connectivity index (χ3v) is 4.01. The van der Waals surface area contributed by atoms with E-state index in [1.54, 1.807) is 0 Å². The quantitative estimate of drug-likeness (QED) is 0.801. The first kappa shape index (κ1) is 13.8. The van der Waals surface area contributed by atoms with Crippen molar-refractivity contribution in [3.63, 3.8) is 0 Å². The van der Waals surface area contributed by atoms with Crippen LogP contribution in [0.15, 0.2) is 0 Å². The molecule has 2 fully saturated rings. The second kappa shape index (κ2) is 7.74. The summed E-state index contributed by atoms with van der Waals surface area (Å²) in [6, 6.07) is 0. The van der Waals surface area contributed by atoms with Gasteiger partial charge >= 0.3 is 0 Å². The molecule has 0 aromatic carbocycles. The number of amides is 1. The second-order valence-electron chi connectivity index (χ2n) is 5.52. The summed E-state index contributed by atoms with van der Waals surface area (Å²) in [6.45, 7) is 2.98. The summed E-state index contributed by atoms with van der Waals surface area (Å²) in [7, 11) is 0. The predicted molar refractivity (Wildman–Crippen MR) is 71.4 cm³/mol. The van der Waals surface area contributed by atoms with Crippen molar-refractivity contribution in [3.05, 3.63) is 0 Å². The molecule has 0 aromatic rings. The molecule has 0 bridgehead atoms. The highest BCUT2D eigenvalue weighted by molar-refractivity contribution is 5.81. The van der Waals surface area contributed by atoms with Crippen LogP contribution in [0, 0.1) is 5.92 Å². The molecule has 1 aliphatic heterocycles. The van der Waals surface area contributed by atoms with Gasteiger partial charge in [0.05, 0.1) is 6.61 Å². The second-order valence-corrected chi connectivity index (χ2v) is 5.52. The summed E-state index contributed by atoms with van der Waals surface area (Å²) >= 11 is 0. The van der Waals surface area contributed by atoms with E-state index in [4.69, 9.17) is 4.74 Å². The Balaban J connectivity index is 1.67. The monoisotopic (exact) mass is 254 g/mol. The third-order valence-electron chi connectivity index (χ3n) is 4.01. The van der Waals surface area contributed by atoms with Gasteiger partial charge in [-0.2, -0.15) is 0 Å². The minimum absolute atomic E-state index is 0.0595. The largest absolute Gasteiger partial charge is 0.366 e. The van der Waals surface area contributed by atoms with Crippen LogP contribution in [0.25, 0.3) is 0 Å². The molecule has 1 saturated carbocycles. The maximum Gasteiger partial charge on any atom is 0.250 e. The summed E-state index contributed by atoms with van der Waals surface area (Å²) < 4.78 is 5.45. The summed E-state index contributed by atoms with van der Waals surface area (Å²) in [5.74, 6) is 0.732. The van der Waals surface area contributed by atoms with Crippen LogP contribution in [0.1, 0.15) is 44.9 Å². The van der Waals surface area contributed by atoms with Crippen molar-refractivity contribution in [2.24, 2.45) is 5.92 Å². The molecule has 4 nitrogen and oxygen atoms in total. The minimum Gasteiger partial charge on any atom is -0.366 e. The first-order valence-corrected chi connectivity index (χ1v) is 7.46. The van der Waals surface area contributed by atoms with Gasteiger partial charge in [-0.05, 0) is 18.8 Å². The lowest BCUT2D eigenvalue weighted by Gasteiger charge is -2.25. The lowest BCUT2D eigenvalue weighted by atomic mass is 9.91. The average molecular weight is 254 g/mol. The highest BCUT2D eigenvalue weighted by Gasteiger charge is 2.22. The lowest BCUT2D eigenvalue weighted by Crippen LogP contribution is -2.48. The van der Waals surface area contributed by atoms with Crippen LogP contribution in [0.5, 0.6) is 0 Å². The smallest absolute Gasteiger partial charge is 0.250 e. The van der Waals surface area contributed by atoms with E-state index in [2.05, 4.69) is 10.6 Å². The number of nitrogens with one attached hydrogen (secondary N) is 2. The molecule has 2 aliphatic rings. The number of hydrogen-bond acceptors (Lipinski definition) is 3. The Labute approximate surface area is 110 Å². The molecule has 1 unspecified atom stereocenters. The Morgan fingerprint density at radius 3 is 2.56 bits per heavy atom. The SMILES string of the molecule is O=C(NCC1CCCCCCC1)C1CNCCO1. The molecule has 1 aliphatic carbocycles. The van der Waals surface area contributed by atoms with Gasteiger partial charge in [-0.15, -0.1) is 0 Å². The molecule has 0 spiro atoms. The molecular formula is C14H26N2O2. The molecule has 1 heterocycles. The van der Waals surface area contributed by atoms with E-state index in [1.165, 1.54) is 44.9 Å². The van der Waals surface area contributed by atoms with Crippen molar-refractivity contribution in [2.75, 3.05) is 26.2 Å². The van der Waals surface area contributed by atoms with Crippen molar-refractivity contribution >= 4 is 5.91 Å². The Hall–Kier alpha value is -0.610. The molecule has 2 rings (SSSR count). The molecule has 2 N–H and O–H groups in total. The van der Waals surface area contributed by atoms with Gasteiger partial charge in [0, 0.05) is 19.6 Å². The van der Waals surface area contributed by atoms with E-state index in [0.717, 1.165) is 13.1 Å². The fourth-order valence-electron chi connectivity index (χ4n) is 2.84. The standard InChI is InChI=1S/C14H26N2O2/c17-14(13-11-15-8-9-18-13)16-10-12-6-4-2-1-3-5-7-12/h12-13,15H,1-11H2,(H,16,17). The molecule has 0 aromatic heterocycles. The summed E-state index contributed by atoms with van der Waals surface area (Å²) in [4.78, 5) is 11.9. The van der Waals surface area contributed by atoms with Gasteiger partial charge in [-0.25, -0.2) is 0 Å². The van der Waals surface area contributed by atoms with Gasteiger partial charge < -0.3 is 15.4 Å². The maximum absolute atomic E-state index is 11.9. The molecule has 4 heteroatoms. The van der Waals surface area contributed by atoms with E-state index in [9.17, 15) is 4.79 Å². The van der Waals surface area contributed by atoms with Crippen molar-refractivity contribution in [1.82, 2.24) is 10.6 Å². The van der Waals surface area contributed by atoms with Crippen LogP contribution in [0.4, 0.5) is 0 Å². The number of morpholine rings is 1. The Bertz CT molecular complexity index is 244. The highest BCUT2D eigenvalue weighted by atomic mass is 16.5. The van der Waals surface area contributed by atoms with Gasteiger partial charge in [0.15, 0.2) is 0 Å². The maximum atomic E-state index is 11.9. The molecule has 0 radical (unpaired) electrons. The van der Waals surface area contributed by atoms with Crippen LogP contribution in [0.3, 0.4) is 0 Å². The van der Waals surface area contributed by atoms with Crippen LogP contribution in [-0.2, 0) is 9.53 Å². The average Bonchev–Trinajstić information content (AvgIpc) is 2.38. The number of carbonyl (C=O) groups is 1. The van der Waals surface area contributed by atoms with Crippen molar-refractivity contribution in [3.8, 4) is 0 Å². The zero-order valence-electron chi connectivity index (χ0n) is 11.2. The van der Waals surface area contributed by atoms with Crippen LogP contribution >= 0.6 is 0 Å². The Morgan fingerprint density at radius 1 is 1.17 bits per heavy atom. The first-order chi connectivity index (χ1) is 8.86. The fraction of sp³-hybridized carbons (Fsp3) is 0.929. The van der Waals surface area contributed by atoms with E-state index < -0.39 is 0 Å². The van der Waals surface area contributed by atoms with E-state index in [0.29, 0.717) is 19.1 Å². The van der Waals surface area contributed by atoms with E-state index >= 15 is 0 Å². The summed E-state index contributed by atoms with van der Waals surface area (Å²) in [5.41, 5.74) is 0. The van der Waals surface area contributed by atoms with Crippen molar-refractivity contribution in [1.29, 1.82) is 0 Å². The highest BCUT2D eigenvalue weighted by Crippen LogP contribution is 2.21. The Kier molecular flexibility index (Phi) is 5.94. The topological polar surface area (TPSA) is 50.4 Å². The van der Waals surface area contributed by atoms with Crippen molar-refractivity contribution in [2.45, 2.75) is 51.0 Å². The summed E-state index contributed by atoms with van der Waals surface area (Å²) in [5, 5.41) is 6.25. The lowest BCUT2D eigenvalue weighted by molar-refractivity contribution is -0.134.